The van der Waals surface area contributed by atoms with Crippen molar-refractivity contribution in [2.75, 3.05) is 6.26 Å². The molecule has 0 aliphatic rings. The molecule has 15 heavy (non-hydrogen) atoms. The fraction of sp³-hybridized carbons (Fsp3) is 0.875. The lowest BCUT2D eigenvalue weighted by Gasteiger charge is -2.22. The standard InChI is InChI=1S/C8H18N2O4S/c1-5(2)9-7(6(3)11)8(12)10-15(4,13)14/h5-7,9,11H,1-4H3,(H,10,12). The minimum atomic E-state index is -3.59. The Morgan fingerprint density at radius 3 is 2.00 bits per heavy atom. The maximum Gasteiger partial charge on any atom is 0.253 e. The van der Waals surface area contributed by atoms with Crippen LogP contribution >= 0.6 is 0 Å². The molecule has 2 atom stereocenters. The largest absolute Gasteiger partial charge is 0.391 e. The van der Waals surface area contributed by atoms with Crippen LogP contribution in [-0.2, 0) is 14.8 Å². The number of carbonyl (C=O) groups excluding carboxylic acids is 1. The molecule has 0 spiro atoms. The van der Waals surface area contributed by atoms with Crippen LogP contribution in [0, 0.1) is 0 Å². The first-order chi connectivity index (χ1) is 6.63. The summed E-state index contributed by atoms with van der Waals surface area (Å²) < 4.78 is 23.4. The second kappa shape index (κ2) is 5.43. The van der Waals surface area contributed by atoms with E-state index < -0.39 is 28.1 Å². The first kappa shape index (κ1) is 14.3. The number of rotatable bonds is 5. The molecule has 0 saturated carbocycles. The molecule has 0 radical (unpaired) electrons. The van der Waals surface area contributed by atoms with Crippen molar-refractivity contribution in [1.82, 2.24) is 10.0 Å². The predicted molar refractivity (Wildman–Crippen MR) is 56.7 cm³/mol. The van der Waals surface area contributed by atoms with Crippen molar-refractivity contribution in [2.24, 2.45) is 0 Å². The van der Waals surface area contributed by atoms with Gasteiger partial charge in [-0.2, -0.15) is 0 Å². The van der Waals surface area contributed by atoms with Crippen molar-refractivity contribution < 1.29 is 18.3 Å². The van der Waals surface area contributed by atoms with E-state index in [1.807, 2.05) is 4.72 Å². The van der Waals surface area contributed by atoms with Gasteiger partial charge < -0.3 is 10.4 Å². The lowest BCUT2D eigenvalue weighted by atomic mass is 10.1. The van der Waals surface area contributed by atoms with Crippen LogP contribution in [0.3, 0.4) is 0 Å². The van der Waals surface area contributed by atoms with Gasteiger partial charge in [0.1, 0.15) is 6.04 Å². The summed E-state index contributed by atoms with van der Waals surface area (Å²) in [6.45, 7) is 5.01. The molecular weight excluding hydrogens is 220 g/mol. The maximum absolute atomic E-state index is 11.4. The molecule has 0 aromatic rings. The van der Waals surface area contributed by atoms with Gasteiger partial charge in [0.05, 0.1) is 12.4 Å². The van der Waals surface area contributed by atoms with E-state index in [4.69, 9.17) is 0 Å². The summed E-state index contributed by atoms with van der Waals surface area (Å²) in [7, 11) is -3.59. The molecule has 6 nitrogen and oxygen atoms in total. The molecule has 0 bridgehead atoms. The Bertz CT molecular complexity index is 311. The van der Waals surface area contributed by atoms with Crippen molar-refractivity contribution in [3.63, 3.8) is 0 Å². The number of aliphatic hydroxyl groups is 1. The minimum absolute atomic E-state index is 0.0325. The third kappa shape index (κ3) is 6.43. The topological polar surface area (TPSA) is 95.5 Å². The predicted octanol–water partition coefficient (Wildman–Crippen LogP) is -1.19. The highest BCUT2D eigenvalue weighted by Crippen LogP contribution is 1.96. The summed E-state index contributed by atoms with van der Waals surface area (Å²) in [6.07, 6.45) is -0.0755. The van der Waals surface area contributed by atoms with E-state index in [1.165, 1.54) is 6.92 Å². The smallest absolute Gasteiger partial charge is 0.253 e. The highest BCUT2D eigenvalue weighted by Gasteiger charge is 2.25. The summed E-state index contributed by atoms with van der Waals surface area (Å²) in [5.74, 6) is -0.749. The Balaban J connectivity index is 4.57. The van der Waals surface area contributed by atoms with Gasteiger partial charge in [-0.25, -0.2) is 8.42 Å². The molecule has 0 saturated heterocycles. The normalized spacial score (nSPS) is 16.1. The van der Waals surface area contributed by atoms with Gasteiger partial charge in [0.15, 0.2) is 0 Å². The quantitative estimate of drug-likeness (QED) is 0.560. The monoisotopic (exact) mass is 238 g/mol. The van der Waals surface area contributed by atoms with Gasteiger partial charge in [-0.1, -0.05) is 13.8 Å². The van der Waals surface area contributed by atoms with E-state index in [2.05, 4.69) is 5.32 Å². The summed E-state index contributed by atoms with van der Waals surface area (Å²) >= 11 is 0. The summed E-state index contributed by atoms with van der Waals surface area (Å²) in [6, 6.07) is -0.963. The Kier molecular flexibility index (Phi) is 5.19. The molecule has 0 rings (SSSR count). The van der Waals surface area contributed by atoms with Crippen LogP contribution in [0.4, 0.5) is 0 Å². The van der Waals surface area contributed by atoms with E-state index in [9.17, 15) is 18.3 Å². The van der Waals surface area contributed by atoms with Gasteiger partial charge in [-0.3, -0.25) is 9.52 Å². The third-order valence-corrected chi connectivity index (χ3v) is 2.14. The zero-order chi connectivity index (χ0) is 12.2. The number of hydrogen-bond acceptors (Lipinski definition) is 5. The van der Waals surface area contributed by atoms with Gasteiger partial charge in [0.2, 0.25) is 10.0 Å². The zero-order valence-corrected chi connectivity index (χ0v) is 10.1. The molecule has 0 aromatic carbocycles. The van der Waals surface area contributed by atoms with Gasteiger partial charge >= 0.3 is 0 Å². The van der Waals surface area contributed by atoms with Crippen LogP contribution in [-0.4, -0.2) is 43.9 Å². The van der Waals surface area contributed by atoms with Crippen molar-refractivity contribution in [3.05, 3.63) is 0 Å². The van der Waals surface area contributed by atoms with Crippen LogP contribution < -0.4 is 10.0 Å². The molecule has 0 aliphatic heterocycles. The number of sulfonamides is 1. The van der Waals surface area contributed by atoms with E-state index in [-0.39, 0.29) is 6.04 Å². The lowest BCUT2D eigenvalue weighted by molar-refractivity contribution is -0.123. The zero-order valence-electron chi connectivity index (χ0n) is 9.31. The average molecular weight is 238 g/mol. The second-order valence-electron chi connectivity index (χ2n) is 3.78. The first-order valence-corrected chi connectivity index (χ1v) is 6.48. The molecule has 90 valence electrons. The molecular formula is C8H18N2O4S. The third-order valence-electron chi connectivity index (χ3n) is 1.56. The van der Waals surface area contributed by atoms with Crippen LogP contribution in [0.2, 0.25) is 0 Å². The number of amides is 1. The van der Waals surface area contributed by atoms with Gasteiger partial charge in [-0.05, 0) is 6.92 Å². The van der Waals surface area contributed by atoms with E-state index >= 15 is 0 Å². The van der Waals surface area contributed by atoms with Crippen molar-refractivity contribution >= 4 is 15.9 Å². The number of aliphatic hydroxyl groups excluding tert-OH is 1. The summed E-state index contributed by atoms with van der Waals surface area (Å²) in [5.41, 5.74) is 0. The SMILES string of the molecule is CC(C)NC(C(=O)NS(C)(=O)=O)C(C)O. The molecule has 7 heteroatoms. The Morgan fingerprint density at radius 2 is 1.73 bits per heavy atom. The lowest BCUT2D eigenvalue weighted by Crippen LogP contribution is -2.53. The maximum atomic E-state index is 11.4. The first-order valence-electron chi connectivity index (χ1n) is 4.59. The van der Waals surface area contributed by atoms with Crippen LogP contribution in [0.5, 0.6) is 0 Å². The van der Waals surface area contributed by atoms with Crippen LogP contribution in [0.15, 0.2) is 0 Å². The fourth-order valence-electron chi connectivity index (χ4n) is 1.04. The Hall–Kier alpha value is -0.660. The van der Waals surface area contributed by atoms with Crippen LogP contribution in [0.25, 0.3) is 0 Å². The second-order valence-corrected chi connectivity index (χ2v) is 5.53. The highest BCUT2D eigenvalue weighted by molar-refractivity contribution is 7.89. The molecule has 1 amide bonds. The van der Waals surface area contributed by atoms with Crippen molar-refractivity contribution in [3.8, 4) is 0 Å². The van der Waals surface area contributed by atoms with Gasteiger partial charge in [-0.15, -0.1) is 0 Å². The molecule has 0 aliphatic carbocycles. The average Bonchev–Trinajstić information content (AvgIpc) is 1.95. The fourth-order valence-corrected chi connectivity index (χ4v) is 1.53. The molecule has 3 N–H and O–H groups in total. The Morgan fingerprint density at radius 1 is 1.27 bits per heavy atom. The minimum Gasteiger partial charge on any atom is -0.391 e. The highest BCUT2D eigenvalue weighted by atomic mass is 32.2. The van der Waals surface area contributed by atoms with E-state index in [0.29, 0.717) is 0 Å². The van der Waals surface area contributed by atoms with Crippen molar-refractivity contribution in [1.29, 1.82) is 0 Å². The number of hydrogen-bond donors (Lipinski definition) is 3. The van der Waals surface area contributed by atoms with Gasteiger partial charge in [0, 0.05) is 6.04 Å². The van der Waals surface area contributed by atoms with Gasteiger partial charge in [0.25, 0.3) is 5.91 Å². The van der Waals surface area contributed by atoms with E-state index in [0.717, 1.165) is 6.26 Å². The van der Waals surface area contributed by atoms with Crippen LogP contribution in [0.1, 0.15) is 20.8 Å². The molecule has 2 unspecified atom stereocenters. The van der Waals surface area contributed by atoms with Crippen molar-refractivity contribution in [2.45, 2.75) is 39.0 Å². The number of nitrogens with one attached hydrogen (secondary N) is 2. The van der Waals surface area contributed by atoms with E-state index in [1.54, 1.807) is 13.8 Å². The number of carbonyl (C=O) groups is 1. The summed E-state index contributed by atoms with van der Waals surface area (Å²) in [4.78, 5) is 11.4. The summed E-state index contributed by atoms with van der Waals surface area (Å²) in [5, 5.41) is 12.1. The molecule has 0 aromatic heterocycles. The molecule has 0 heterocycles. The Labute approximate surface area is 90.1 Å². The molecule has 0 fully saturated rings.